The number of aromatic hydroxyl groups is 1. The van der Waals surface area contributed by atoms with Crippen LogP contribution in [0.25, 0.3) is 5.76 Å². The van der Waals surface area contributed by atoms with Gasteiger partial charge in [0.25, 0.3) is 0 Å². The van der Waals surface area contributed by atoms with Crippen LogP contribution in [0.4, 0.5) is 0 Å². The van der Waals surface area contributed by atoms with Gasteiger partial charge in [0.1, 0.15) is 23.2 Å². The van der Waals surface area contributed by atoms with Crippen LogP contribution < -0.4 is 15.2 Å². The Balaban J connectivity index is 2.28. The number of hydrogen-bond acceptors (Lipinski definition) is 8. The van der Waals surface area contributed by atoms with Crippen LogP contribution in [0.15, 0.2) is 59.5 Å². The fourth-order valence-corrected chi connectivity index (χ4v) is 3.34. The summed E-state index contributed by atoms with van der Waals surface area (Å²) < 4.78 is 21.4. The molecule has 0 saturated heterocycles. The van der Waals surface area contributed by atoms with Gasteiger partial charge in [0.15, 0.2) is 11.5 Å². The van der Waals surface area contributed by atoms with E-state index >= 15 is 0 Å². The number of allylic oxidation sites excluding steroid dienone is 1. The van der Waals surface area contributed by atoms with Gasteiger partial charge in [-0.15, -0.1) is 0 Å². The normalized spacial score (nSPS) is 15.7. The SMILES string of the molecule is CCOC(=O)C1=C(c2ccc(OC)cc2)OC(N)=C(C#N)C1c1ccc(O)c(OC)c1. The molecule has 1 aliphatic rings. The van der Waals surface area contributed by atoms with Crippen LogP contribution in [-0.4, -0.2) is 31.9 Å². The Morgan fingerprint density at radius 1 is 1.19 bits per heavy atom. The molecule has 1 heterocycles. The predicted octanol–water partition coefficient (Wildman–Crippen LogP) is 3.19. The van der Waals surface area contributed by atoms with E-state index in [4.69, 9.17) is 24.7 Å². The highest BCUT2D eigenvalue weighted by molar-refractivity contribution is 6.00. The third-order valence-corrected chi connectivity index (χ3v) is 4.80. The van der Waals surface area contributed by atoms with Crippen molar-refractivity contribution in [2.24, 2.45) is 5.73 Å². The van der Waals surface area contributed by atoms with Gasteiger partial charge in [0.2, 0.25) is 5.88 Å². The topological polar surface area (TPSA) is 124 Å². The summed E-state index contributed by atoms with van der Waals surface area (Å²) in [5.41, 5.74) is 7.31. The molecule has 0 radical (unpaired) electrons. The number of nitriles is 1. The number of carbonyl (C=O) groups is 1. The second-order valence-corrected chi connectivity index (χ2v) is 6.55. The van der Waals surface area contributed by atoms with Gasteiger partial charge < -0.3 is 29.8 Å². The van der Waals surface area contributed by atoms with Crippen LogP contribution in [-0.2, 0) is 14.3 Å². The highest BCUT2D eigenvalue weighted by Gasteiger charge is 2.38. The van der Waals surface area contributed by atoms with Crippen molar-refractivity contribution < 1.29 is 28.8 Å². The van der Waals surface area contributed by atoms with Gasteiger partial charge in [-0.2, -0.15) is 5.26 Å². The van der Waals surface area contributed by atoms with Crippen molar-refractivity contribution in [3.05, 3.63) is 70.6 Å². The standard InChI is InChI=1S/C23H22N2O6/c1-4-30-23(27)20-19(14-7-10-17(26)18(11-14)29-3)16(12-24)22(25)31-21(20)13-5-8-15(28-2)9-6-13/h5-11,19,26H,4,25H2,1-3H3. The first-order chi connectivity index (χ1) is 14.9. The number of esters is 1. The molecule has 0 bridgehead atoms. The highest BCUT2D eigenvalue weighted by atomic mass is 16.5. The minimum Gasteiger partial charge on any atom is -0.504 e. The maximum Gasteiger partial charge on any atom is 0.338 e. The van der Waals surface area contributed by atoms with Crippen molar-refractivity contribution in [1.82, 2.24) is 0 Å². The number of methoxy groups -OCH3 is 2. The third kappa shape index (κ3) is 4.12. The maximum atomic E-state index is 13.0. The monoisotopic (exact) mass is 422 g/mol. The van der Waals surface area contributed by atoms with Gasteiger partial charge in [-0.1, -0.05) is 6.07 Å². The van der Waals surface area contributed by atoms with E-state index in [1.807, 2.05) is 6.07 Å². The number of phenolic OH excluding ortho intramolecular Hbond substituents is 1. The van der Waals surface area contributed by atoms with E-state index in [2.05, 4.69) is 0 Å². The number of phenols is 1. The molecule has 3 N–H and O–H groups in total. The molecule has 8 heteroatoms. The zero-order valence-corrected chi connectivity index (χ0v) is 17.3. The molecular formula is C23H22N2O6. The molecule has 0 aromatic heterocycles. The summed E-state index contributed by atoms with van der Waals surface area (Å²) in [5, 5.41) is 19.8. The minimum atomic E-state index is -0.885. The van der Waals surface area contributed by atoms with E-state index in [-0.39, 0.29) is 40.9 Å². The number of carbonyl (C=O) groups excluding carboxylic acids is 1. The molecular weight excluding hydrogens is 400 g/mol. The van der Waals surface area contributed by atoms with E-state index in [1.54, 1.807) is 50.4 Å². The van der Waals surface area contributed by atoms with E-state index in [1.165, 1.54) is 13.2 Å². The van der Waals surface area contributed by atoms with Gasteiger partial charge in [0, 0.05) is 5.56 Å². The number of ether oxygens (including phenoxy) is 4. The Bertz CT molecular complexity index is 1100. The molecule has 1 unspecified atom stereocenters. The molecule has 0 fully saturated rings. The van der Waals surface area contributed by atoms with Crippen molar-refractivity contribution in [3.63, 3.8) is 0 Å². The lowest BCUT2D eigenvalue weighted by Gasteiger charge is -2.28. The number of nitrogens with zero attached hydrogens (tertiary/aromatic N) is 1. The largest absolute Gasteiger partial charge is 0.504 e. The first-order valence-corrected chi connectivity index (χ1v) is 9.45. The molecule has 2 aromatic rings. The molecule has 0 saturated carbocycles. The molecule has 31 heavy (non-hydrogen) atoms. The van der Waals surface area contributed by atoms with Crippen molar-refractivity contribution >= 4 is 11.7 Å². The van der Waals surface area contributed by atoms with Crippen LogP contribution in [0.2, 0.25) is 0 Å². The summed E-state index contributed by atoms with van der Waals surface area (Å²) in [6, 6.07) is 13.4. The zero-order chi connectivity index (χ0) is 22.5. The van der Waals surface area contributed by atoms with Crippen LogP contribution in [0, 0.1) is 11.3 Å². The van der Waals surface area contributed by atoms with Crippen molar-refractivity contribution in [2.45, 2.75) is 12.8 Å². The van der Waals surface area contributed by atoms with E-state index < -0.39 is 11.9 Å². The summed E-state index contributed by atoms with van der Waals surface area (Å²) in [6.45, 7) is 1.81. The summed E-state index contributed by atoms with van der Waals surface area (Å²) in [7, 11) is 2.95. The molecule has 0 amide bonds. The molecule has 1 atom stereocenters. The smallest absolute Gasteiger partial charge is 0.338 e. The average Bonchev–Trinajstić information content (AvgIpc) is 2.78. The number of rotatable bonds is 6. The van der Waals surface area contributed by atoms with Crippen molar-refractivity contribution in [1.29, 1.82) is 5.26 Å². The van der Waals surface area contributed by atoms with Gasteiger partial charge in [-0.25, -0.2) is 4.79 Å². The summed E-state index contributed by atoms with van der Waals surface area (Å²) >= 11 is 0. The van der Waals surface area contributed by atoms with Crippen LogP contribution >= 0.6 is 0 Å². The van der Waals surface area contributed by atoms with Gasteiger partial charge in [-0.3, -0.25) is 0 Å². The number of nitrogens with two attached hydrogens (primary N) is 1. The van der Waals surface area contributed by atoms with Crippen LogP contribution in [0.1, 0.15) is 24.0 Å². The Labute approximate surface area is 179 Å². The van der Waals surface area contributed by atoms with E-state index in [9.17, 15) is 15.2 Å². The average molecular weight is 422 g/mol. The lowest BCUT2D eigenvalue weighted by Crippen LogP contribution is -2.25. The second-order valence-electron chi connectivity index (χ2n) is 6.55. The second kappa shape index (κ2) is 9.13. The fraction of sp³-hybridized carbons (Fsp3) is 0.217. The molecule has 1 aliphatic heterocycles. The predicted molar refractivity (Wildman–Crippen MR) is 112 cm³/mol. The molecule has 8 nitrogen and oxygen atoms in total. The quantitative estimate of drug-likeness (QED) is 0.680. The molecule has 160 valence electrons. The summed E-state index contributed by atoms with van der Waals surface area (Å²) in [6.07, 6.45) is 0. The minimum absolute atomic E-state index is 0.0491. The van der Waals surface area contributed by atoms with Crippen molar-refractivity contribution in [3.8, 4) is 23.3 Å². The Morgan fingerprint density at radius 2 is 1.90 bits per heavy atom. The zero-order valence-electron chi connectivity index (χ0n) is 17.3. The maximum absolute atomic E-state index is 13.0. The third-order valence-electron chi connectivity index (χ3n) is 4.80. The lowest BCUT2D eigenvalue weighted by molar-refractivity contribution is -0.138. The van der Waals surface area contributed by atoms with Crippen molar-refractivity contribution in [2.75, 3.05) is 20.8 Å². The summed E-state index contributed by atoms with van der Waals surface area (Å²) in [5.74, 6) is -0.748. The molecule has 3 rings (SSSR count). The van der Waals surface area contributed by atoms with Gasteiger partial charge in [0.05, 0.1) is 32.3 Å². The number of benzene rings is 2. The highest BCUT2D eigenvalue weighted by Crippen LogP contribution is 2.44. The molecule has 2 aromatic carbocycles. The fourth-order valence-electron chi connectivity index (χ4n) is 3.34. The molecule has 0 spiro atoms. The van der Waals surface area contributed by atoms with Crippen LogP contribution in [0.5, 0.6) is 17.2 Å². The van der Waals surface area contributed by atoms with E-state index in [0.717, 1.165) is 0 Å². The van der Waals surface area contributed by atoms with E-state index in [0.29, 0.717) is 16.9 Å². The Hall–Kier alpha value is -4.12. The first kappa shape index (κ1) is 21.6. The Kier molecular flexibility index (Phi) is 6.36. The molecule has 0 aliphatic carbocycles. The lowest BCUT2D eigenvalue weighted by atomic mass is 9.82. The number of hydrogen-bond donors (Lipinski definition) is 2. The Morgan fingerprint density at radius 3 is 2.48 bits per heavy atom. The van der Waals surface area contributed by atoms with Gasteiger partial charge in [-0.05, 0) is 48.9 Å². The first-order valence-electron chi connectivity index (χ1n) is 9.45. The van der Waals surface area contributed by atoms with Gasteiger partial charge >= 0.3 is 5.97 Å². The van der Waals surface area contributed by atoms with Crippen LogP contribution in [0.3, 0.4) is 0 Å². The summed E-state index contributed by atoms with van der Waals surface area (Å²) in [4.78, 5) is 13.0.